The molecule has 0 radical (unpaired) electrons. The van der Waals surface area contributed by atoms with Gasteiger partial charge in [-0.1, -0.05) is 13.8 Å². The van der Waals surface area contributed by atoms with Crippen LogP contribution >= 0.6 is 0 Å². The average molecular weight is 262 g/mol. The zero-order chi connectivity index (χ0) is 13.8. The first kappa shape index (κ1) is 14.3. The molecule has 106 valence electrons. The minimum Gasteiger partial charge on any atom is -0.355 e. The van der Waals surface area contributed by atoms with Crippen LogP contribution in [0.15, 0.2) is 18.3 Å². The average Bonchev–Trinajstić information content (AvgIpc) is 2.79. The molecule has 0 aromatic carbocycles. The van der Waals surface area contributed by atoms with Gasteiger partial charge in [-0.2, -0.15) is 0 Å². The highest BCUT2D eigenvalue weighted by atomic mass is 15.3. The summed E-state index contributed by atoms with van der Waals surface area (Å²) in [5.74, 6) is 1.81. The van der Waals surface area contributed by atoms with Crippen molar-refractivity contribution in [2.24, 2.45) is 5.92 Å². The van der Waals surface area contributed by atoms with Crippen molar-refractivity contribution in [3.05, 3.63) is 23.9 Å². The zero-order valence-electron chi connectivity index (χ0n) is 12.6. The molecule has 1 aromatic heterocycles. The summed E-state index contributed by atoms with van der Waals surface area (Å²) in [5, 5.41) is 3.36. The maximum absolute atomic E-state index is 4.54. The van der Waals surface area contributed by atoms with E-state index < -0.39 is 0 Å². The second-order valence-electron chi connectivity index (χ2n) is 5.72. The standard InChI is InChI=1S/C15H26N4/c1-5-16-9-13-6-7-17-15(8-13)19-10-12(2)14(11-19)18(3)4/h6-8,12,14,16H,5,9-11H2,1-4H3. The Morgan fingerprint density at radius 3 is 2.84 bits per heavy atom. The first-order valence-corrected chi connectivity index (χ1v) is 7.18. The molecule has 1 aliphatic rings. The smallest absolute Gasteiger partial charge is 0.128 e. The molecule has 4 heteroatoms. The van der Waals surface area contributed by atoms with Crippen molar-refractivity contribution in [1.82, 2.24) is 15.2 Å². The van der Waals surface area contributed by atoms with Crippen LogP contribution in [0.4, 0.5) is 5.82 Å². The van der Waals surface area contributed by atoms with Gasteiger partial charge in [-0.25, -0.2) is 4.98 Å². The molecule has 0 saturated carbocycles. The monoisotopic (exact) mass is 262 g/mol. The van der Waals surface area contributed by atoms with Crippen LogP contribution < -0.4 is 10.2 Å². The fourth-order valence-electron chi connectivity index (χ4n) is 2.82. The van der Waals surface area contributed by atoms with Crippen LogP contribution in [0.1, 0.15) is 19.4 Å². The molecular weight excluding hydrogens is 236 g/mol. The lowest BCUT2D eigenvalue weighted by molar-refractivity contribution is 0.266. The largest absolute Gasteiger partial charge is 0.355 e. The van der Waals surface area contributed by atoms with Gasteiger partial charge < -0.3 is 15.1 Å². The summed E-state index contributed by atoms with van der Waals surface area (Å²) in [6, 6.07) is 4.93. The number of aromatic nitrogens is 1. The van der Waals surface area contributed by atoms with E-state index in [0.717, 1.165) is 32.0 Å². The third kappa shape index (κ3) is 3.45. The highest BCUT2D eigenvalue weighted by Gasteiger charge is 2.31. The molecule has 1 aromatic rings. The van der Waals surface area contributed by atoms with Crippen LogP contribution in [-0.4, -0.2) is 49.7 Å². The fourth-order valence-corrected chi connectivity index (χ4v) is 2.82. The number of hydrogen-bond acceptors (Lipinski definition) is 4. The van der Waals surface area contributed by atoms with Gasteiger partial charge in [0.05, 0.1) is 0 Å². The Morgan fingerprint density at radius 1 is 1.42 bits per heavy atom. The molecule has 0 spiro atoms. The summed E-state index contributed by atoms with van der Waals surface area (Å²) in [7, 11) is 4.33. The van der Waals surface area contributed by atoms with Crippen molar-refractivity contribution in [2.45, 2.75) is 26.4 Å². The Hall–Kier alpha value is -1.13. The quantitative estimate of drug-likeness (QED) is 0.873. The zero-order valence-corrected chi connectivity index (χ0v) is 12.6. The summed E-state index contributed by atoms with van der Waals surface area (Å²) in [6.45, 7) is 8.55. The Balaban J connectivity index is 2.06. The Morgan fingerprint density at radius 2 is 2.21 bits per heavy atom. The van der Waals surface area contributed by atoms with Crippen LogP contribution in [0.3, 0.4) is 0 Å². The van der Waals surface area contributed by atoms with Crippen LogP contribution in [0.2, 0.25) is 0 Å². The van der Waals surface area contributed by atoms with Gasteiger partial charge >= 0.3 is 0 Å². The molecule has 2 heterocycles. The van der Waals surface area contributed by atoms with Gasteiger partial charge in [0.1, 0.15) is 5.82 Å². The van der Waals surface area contributed by atoms with Crippen molar-refractivity contribution < 1.29 is 0 Å². The minimum absolute atomic E-state index is 0.624. The predicted octanol–water partition coefficient (Wildman–Crippen LogP) is 1.58. The number of anilines is 1. The van der Waals surface area contributed by atoms with Gasteiger partial charge in [-0.05, 0) is 44.3 Å². The number of nitrogens with zero attached hydrogens (tertiary/aromatic N) is 3. The molecule has 1 N–H and O–H groups in total. The summed E-state index contributed by atoms with van der Waals surface area (Å²) in [5.41, 5.74) is 1.31. The van der Waals surface area contributed by atoms with E-state index in [9.17, 15) is 0 Å². The fraction of sp³-hybridized carbons (Fsp3) is 0.667. The molecule has 0 amide bonds. The summed E-state index contributed by atoms with van der Waals surface area (Å²) in [4.78, 5) is 9.27. The van der Waals surface area contributed by atoms with Crippen LogP contribution in [0.5, 0.6) is 0 Å². The van der Waals surface area contributed by atoms with E-state index in [0.29, 0.717) is 12.0 Å². The van der Waals surface area contributed by atoms with Gasteiger partial charge in [0.25, 0.3) is 0 Å². The van der Waals surface area contributed by atoms with Gasteiger partial charge in [0, 0.05) is 31.9 Å². The van der Waals surface area contributed by atoms with Crippen molar-refractivity contribution in [3.63, 3.8) is 0 Å². The Kier molecular flexibility index (Phi) is 4.77. The van der Waals surface area contributed by atoms with E-state index in [-0.39, 0.29) is 0 Å². The molecule has 1 saturated heterocycles. The molecule has 2 rings (SSSR count). The van der Waals surface area contributed by atoms with E-state index >= 15 is 0 Å². The minimum atomic E-state index is 0.624. The number of pyridine rings is 1. The maximum Gasteiger partial charge on any atom is 0.128 e. The number of hydrogen-bond donors (Lipinski definition) is 1. The van der Waals surface area contributed by atoms with Crippen molar-refractivity contribution in [1.29, 1.82) is 0 Å². The van der Waals surface area contributed by atoms with E-state index in [1.807, 2.05) is 6.20 Å². The van der Waals surface area contributed by atoms with E-state index in [1.165, 1.54) is 5.56 Å². The topological polar surface area (TPSA) is 31.4 Å². The SMILES string of the molecule is CCNCc1ccnc(N2CC(C)C(N(C)C)C2)c1. The molecule has 1 aliphatic heterocycles. The number of rotatable bonds is 5. The normalized spacial score (nSPS) is 23.3. The number of likely N-dealkylation sites (N-methyl/N-ethyl adjacent to an activating group) is 1. The molecular formula is C15H26N4. The Labute approximate surface area is 116 Å². The molecule has 4 nitrogen and oxygen atoms in total. The third-order valence-electron chi connectivity index (χ3n) is 3.95. The van der Waals surface area contributed by atoms with Crippen LogP contribution in [-0.2, 0) is 6.54 Å². The van der Waals surface area contributed by atoms with Crippen LogP contribution in [0.25, 0.3) is 0 Å². The third-order valence-corrected chi connectivity index (χ3v) is 3.95. The molecule has 2 unspecified atom stereocenters. The molecule has 19 heavy (non-hydrogen) atoms. The number of nitrogens with one attached hydrogen (secondary N) is 1. The van der Waals surface area contributed by atoms with Gasteiger partial charge in [-0.3, -0.25) is 0 Å². The van der Waals surface area contributed by atoms with E-state index in [1.54, 1.807) is 0 Å². The lowest BCUT2D eigenvalue weighted by Crippen LogP contribution is -2.34. The summed E-state index contributed by atoms with van der Waals surface area (Å²) >= 11 is 0. The van der Waals surface area contributed by atoms with Crippen molar-refractivity contribution in [2.75, 3.05) is 38.6 Å². The van der Waals surface area contributed by atoms with Crippen molar-refractivity contribution in [3.8, 4) is 0 Å². The van der Waals surface area contributed by atoms with Crippen molar-refractivity contribution >= 4 is 5.82 Å². The molecule has 1 fully saturated rings. The van der Waals surface area contributed by atoms with E-state index in [2.05, 4.69) is 60.2 Å². The Bertz CT molecular complexity index is 405. The molecule has 0 bridgehead atoms. The van der Waals surface area contributed by atoms with Crippen LogP contribution in [0, 0.1) is 5.92 Å². The molecule has 2 atom stereocenters. The van der Waals surface area contributed by atoms with Gasteiger partial charge in [0.2, 0.25) is 0 Å². The lowest BCUT2D eigenvalue weighted by atomic mass is 10.1. The highest BCUT2D eigenvalue weighted by molar-refractivity contribution is 5.42. The van der Waals surface area contributed by atoms with Gasteiger partial charge in [0.15, 0.2) is 0 Å². The van der Waals surface area contributed by atoms with Gasteiger partial charge in [-0.15, -0.1) is 0 Å². The molecule has 0 aliphatic carbocycles. The summed E-state index contributed by atoms with van der Waals surface area (Å²) in [6.07, 6.45) is 1.93. The second-order valence-corrected chi connectivity index (χ2v) is 5.72. The summed E-state index contributed by atoms with van der Waals surface area (Å²) < 4.78 is 0. The predicted molar refractivity (Wildman–Crippen MR) is 80.5 cm³/mol. The second kappa shape index (κ2) is 6.35. The maximum atomic E-state index is 4.54. The lowest BCUT2D eigenvalue weighted by Gasteiger charge is -2.22. The highest BCUT2D eigenvalue weighted by Crippen LogP contribution is 2.25. The first-order valence-electron chi connectivity index (χ1n) is 7.18. The van der Waals surface area contributed by atoms with E-state index in [4.69, 9.17) is 0 Å². The first-order chi connectivity index (χ1) is 9.11.